The molecular formula is C15H20N4. The number of hydrogen-bond acceptors (Lipinski definition) is 4. The normalized spacial score (nSPS) is 17.6. The van der Waals surface area contributed by atoms with Gasteiger partial charge in [-0.15, -0.1) is 0 Å². The van der Waals surface area contributed by atoms with Gasteiger partial charge < -0.3 is 15.5 Å². The number of nitrogens with zero attached hydrogens (tertiary/aromatic N) is 3. The topological polar surface area (TPSA) is 45.4 Å². The molecule has 4 heteroatoms. The molecule has 0 unspecified atom stereocenters. The van der Waals surface area contributed by atoms with Crippen LogP contribution in [0.2, 0.25) is 0 Å². The van der Waals surface area contributed by atoms with Crippen LogP contribution in [0.1, 0.15) is 6.42 Å². The number of nitrogen functional groups attached to an aromatic ring is 1. The molecular weight excluding hydrogens is 236 g/mol. The van der Waals surface area contributed by atoms with Crippen LogP contribution in [0.5, 0.6) is 0 Å². The molecule has 1 aromatic carbocycles. The summed E-state index contributed by atoms with van der Waals surface area (Å²) in [7, 11) is 2.18. The Balaban J connectivity index is 2.05. The lowest BCUT2D eigenvalue weighted by Gasteiger charge is -2.25. The Morgan fingerprint density at radius 2 is 1.95 bits per heavy atom. The number of hydrogen-bond donors (Lipinski definition) is 1. The lowest BCUT2D eigenvalue weighted by Crippen LogP contribution is -2.29. The van der Waals surface area contributed by atoms with E-state index in [9.17, 15) is 0 Å². The zero-order valence-corrected chi connectivity index (χ0v) is 11.3. The smallest absolute Gasteiger partial charge is 0.0745 e. The van der Waals surface area contributed by atoms with Crippen LogP contribution in [0, 0.1) is 0 Å². The number of rotatable bonds is 1. The van der Waals surface area contributed by atoms with Crippen LogP contribution in [0.25, 0.3) is 10.9 Å². The van der Waals surface area contributed by atoms with Gasteiger partial charge in [0, 0.05) is 25.0 Å². The summed E-state index contributed by atoms with van der Waals surface area (Å²) in [5, 5.41) is 1.16. The van der Waals surface area contributed by atoms with E-state index < -0.39 is 0 Å². The van der Waals surface area contributed by atoms with Crippen molar-refractivity contribution in [2.45, 2.75) is 6.42 Å². The number of fused-ring (bicyclic) bond motifs is 1. The van der Waals surface area contributed by atoms with Crippen molar-refractivity contribution in [3.05, 3.63) is 30.5 Å². The van der Waals surface area contributed by atoms with E-state index in [4.69, 9.17) is 5.73 Å². The van der Waals surface area contributed by atoms with E-state index in [1.165, 1.54) is 6.42 Å². The molecule has 0 aliphatic carbocycles. The van der Waals surface area contributed by atoms with Gasteiger partial charge in [-0.05, 0) is 26.1 Å². The van der Waals surface area contributed by atoms with E-state index in [-0.39, 0.29) is 0 Å². The largest absolute Gasteiger partial charge is 0.396 e. The van der Waals surface area contributed by atoms with Gasteiger partial charge in [0.25, 0.3) is 0 Å². The summed E-state index contributed by atoms with van der Waals surface area (Å²) >= 11 is 0. The first kappa shape index (κ1) is 12.2. The first-order valence-electron chi connectivity index (χ1n) is 6.82. The molecule has 19 heavy (non-hydrogen) atoms. The Morgan fingerprint density at radius 3 is 2.84 bits per heavy atom. The zero-order valence-electron chi connectivity index (χ0n) is 11.3. The second kappa shape index (κ2) is 5.05. The second-order valence-electron chi connectivity index (χ2n) is 5.22. The number of benzene rings is 1. The lowest BCUT2D eigenvalue weighted by molar-refractivity contribution is 0.360. The maximum atomic E-state index is 6.19. The highest BCUT2D eigenvalue weighted by molar-refractivity contribution is 5.97. The fourth-order valence-electron chi connectivity index (χ4n) is 2.77. The number of likely N-dealkylation sites (N-methyl/N-ethyl adjacent to an activating group) is 1. The third kappa shape index (κ3) is 2.36. The van der Waals surface area contributed by atoms with E-state index in [0.717, 1.165) is 48.5 Å². The van der Waals surface area contributed by atoms with Gasteiger partial charge >= 0.3 is 0 Å². The minimum Gasteiger partial charge on any atom is -0.396 e. The van der Waals surface area contributed by atoms with Crippen LogP contribution in [-0.2, 0) is 0 Å². The number of para-hydroxylation sites is 1. The van der Waals surface area contributed by atoms with E-state index in [1.807, 2.05) is 12.1 Å². The van der Waals surface area contributed by atoms with Gasteiger partial charge in [-0.2, -0.15) is 0 Å². The molecule has 1 aromatic heterocycles. The lowest BCUT2D eigenvalue weighted by atomic mass is 10.1. The SMILES string of the molecule is CN1CCCN(c2c(N)cnc3ccccc23)CC1. The quantitative estimate of drug-likeness (QED) is 0.847. The molecule has 1 aliphatic rings. The van der Waals surface area contributed by atoms with Crippen molar-refractivity contribution in [1.29, 1.82) is 0 Å². The van der Waals surface area contributed by atoms with Crippen molar-refractivity contribution >= 4 is 22.3 Å². The van der Waals surface area contributed by atoms with E-state index >= 15 is 0 Å². The summed E-state index contributed by atoms with van der Waals surface area (Å²) in [5.74, 6) is 0. The predicted octanol–water partition coefficient (Wildman–Crippen LogP) is 1.96. The molecule has 1 fully saturated rings. The summed E-state index contributed by atoms with van der Waals surface area (Å²) in [6, 6.07) is 8.23. The van der Waals surface area contributed by atoms with Gasteiger partial charge in [0.1, 0.15) is 0 Å². The Bertz CT molecular complexity index is 581. The molecule has 0 amide bonds. The summed E-state index contributed by atoms with van der Waals surface area (Å²) in [6.45, 7) is 4.31. The average molecular weight is 256 g/mol. The van der Waals surface area contributed by atoms with Crippen LogP contribution in [-0.4, -0.2) is 43.1 Å². The van der Waals surface area contributed by atoms with Crippen molar-refractivity contribution in [3.8, 4) is 0 Å². The van der Waals surface area contributed by atoms with Crippen molar-refractivity contribution in [1.82, 2.24) is 9.88 Å². The zero-order chi connectivity index (χ0) is 13.2. The second-order valence-corrected chi connectivity index (χ2v) is 5.22. The molecule has 0 saturated carbocycles. The third-order valence-electron chi connectivity index (χ3n) is 3.81. The van der Waals surface area contributed by atoms with Gasteiger partial charge in [-0.3, -0.25) is 4.98 Å². The Kier molecular flexibility index (Phi) is 3.25. The number of nitrogens with two attached hydrogens (primary N) is 1. The molecule has 0 spiro atoms. The third-order valence-corrected chi connectivity index (χ3v) is 3.81. The highest BCUT2D eigenvalue weighted by atomic mass is 15.2. The summed E-state index contributed by atoms with van der Waals surface area (Å²) in [5.41, 5.74) is 9.14. The van der Waals surface area contributed by atoms with Crippen molar-refractivity contribution in [2.24, 2.45) is 0 Å². The standard InChI is InChI=1S/C15H20N4/c1-18-7-4-8-19(10-9-18)15-12-5-2-3-6-14(12)17-11-13(15)16/h2-3,5-6,11H,4,7-10,16H2,1H3. The van der Waals surface area contributed by atoms with E-state index in [0.29, 0.717) is 0 Å². The van der Waals surface area contributed by atoms with Gasteiger partial charge in [0.05, 0.1) is 23.1 Å². The summed E-state index contributed by atoms with van der Waals surface area (Å²) < 4.78 is 0. The maximum absolute atomic E-state index is 6.19. The predicted molar refractivity (Wildman–Crippen MR) is 80.5 cm³/mol. The molecule has 0 atom stereocenters. The fraction of sp³-hybridized carbons (Fsp3) is 0.400. The molecule has 1 saturated heterocycles. The van der Waals surface area contributed by atoms with E-state index in [1.54, 1.807) is 6.20 Å². The molecule has 2 aromatic rings. The molecule has 2 N–H and O–H groups in total. The van der Waals surface area contributed by atoms with Gasteiger partial charge in [-0.25, -0.2) is 0 Å². The number of aromatic nitrogens is 1. The minimum atomic E-state index is 0.781. The Morgan fingerprint density at radius 1 is 1.11 bits per heavy atom. The number of anilines is 2. The van der Waals surface area contributed by atoms with Crippen molar-refractivity contribution in [2.75, 3.05) is 43.9 Å². The van der Waals surface area contributed by atoms with Crippen molar-refractivity contribution in [3.63, 3.8) is 0 Å². The van der Waals surface area contributed by atoms with Gasteiger partial charge in [-0.1, -0.05) is 18.2 Å². The molecule has 3 rings (SSSR count). The monoisotopic (exact) mass is 256 g/mol. The average Bonchev–Trinajstić information content (AvgIpc) is 2.64. The van der Waals surface area contributed by atoms with Crippen LogP contribution in [0.4, 0.5) is 11.4 Å². The van der Waals surface area contributed by atoms with Gasteiger partial charge in [0.15, 0.2) is 0 Å². The Hall–Kier alpha value is -1.81. The molecule has 0 radical (unpaired) electrons. The van der Waals surface area contributed by atoms with Gasteiger partial charge in [0.2, 0.25) is 0 Å². The highest BCUT2D eigenvalue weighted by Crippen LogP contribution is 2.31. The molecule has 4 nitrogen and oxygen atoms in total. The van der Waals surface area contributed by atoms with E-state index in [2.05, 4.69) is 34.0 Å². The van der Waals surface area contributed by atoms with Crippen LogP contribution >= 0.6 is 0 Å². The van der Waals surface area contributed by atoms with Crippen LogP contribution in [0.15, 0.2) is 30.5 Å². The number of pyridine rings is 1. The highest BCUT2D eigenvalue weighted by Gasteiger charge is 2.17. The van der Waals surface area contributed by atoms with Crippen LogP contribution < -0.4 is 10.6 Å². The summed E-state index contributed by atoms with van der Waals surface area (Å²) in [4.78, 5) is 9.19. The first-order valence-corrected chi connectivity index (χ1v) is 6.82. The minimum absolute atomic E-state index is 0.781. The molecule has 0 bridgehead atoms. The fourth-order valence-corrected chi connectivity index (χ4v) is 2.77. The summed E-state index contributed by atoms with van der Waals surface area (Å²) in [6.07, 6.45) is 2.96. The van der Waals surface area contributed by atoms with Crippen molar-refractivity contribution < 1.29 is 0 Å². The molecule has 100 valence electrons. The van der Waals surface area contributed by atoms with Crippen LogP contribution in [0.3, 0.4) is 0 Å². The molecule has 1 aliphatic heterocycles. The first-order chi connectivity index (χ1) is 9.25. The molecule has 2 heterocycles. The maximum Gasteiger partial charge on any atom is 0.0745 e. The Labute approximate surface area is 113 Å².